The van der Waals surface area contributed by atoms with Gasteiger partial charge in [0.1, 0.15) is 0 Å². The number of fused-ring (bicyclic) bond motifs is 2. The molecule has 0 N–H and O–H groups in total. The van der Waals surface area contributed by atoms with Crippen molar-refractivity contribution < 1.29 is 22.7 Å². The molecular formula is C23H25F3N2O2S. The van der Waals surface area contributed by atoms with Crippen LogP contribution >= 0.6 is 11.8 Å². The van der Waals surface area contributed by atoms with Crippen LogP contribution in [0.5, 0.6) is 0 Å². The van der Waals surface area contributed by atoms with Gasteiger partial charge in [-0.15, -0.1) is 11.8 Å². The third-order valence-corrected chi connectivity index (χ3v) is 6.26. The summed E-state index contributed by atoms with van der Waals surface area (Å²) in [6, 6.07) is 16.0. The number of benzene rings is 2. The predicted molar refractivity (Wildman–Crippen MR) is 116 cm³/mol. The van der Waals surface area contributed by atoms with E-state index in [2.05, 4.69) is 6.07 Å². The smallest absolute Gasteiger partial charge is 0.440 e. The van der Waals surface area contributed by atoms with Crippen molar-refractivity contribution in [1.29, 1.82) is 0 Å². The maximum Gasteiger partial charge on any atom is 0.490 e. The number of nitrogens with zero attached hydrogens (tertiary/aromatic N) is 2. The highest BCUT2D eigenvalue weighted by Gasteiger charge is 2.42. The Morgan fingerprint density at radius 2 is 1.74 bits per heavy atom. The molecule has 1 heterocycles. The molecule has 0 saturated heterocycles. The average Bonchev–Trinajstić information content (AvgIpc) is 2.91. The Balaban J connectivity index is 1.87. The first kappa shape index (κ1) is 23.3. The number of thioether (sulfide) groups is 1. The molecule has 2 aromatic rings. The zero-order valence-electron chi connectivity index (χ0n) is 17.5. The van der Waals surface area contributed by atoms with Crippen molar-refractivity contribution in [3.05, 3.63) is 65.2 Å². The molecule has 1 atom stereocenters. The van der Waals surface area contributed by atoms with Crippen LogP contribution in [0, 0.1) is 0 Å². The molecule has 2 aromatic carbocycles. The Morgan fingerprint density at radius 3 is 2.42 bits per heavy atom. The van der Waals surface area contributed by atoms with Gasteiger partial charge in [0.25, 0.3) is 0 Å². The van der Waals surface area contributed by atoms with Gasteiger partial charge in [-0.1, -0.05) is 56.3 Å². The van der Waals surface area contributed by atoms with Crippen LogP contribution in [0.2, 0.25) is 0 Å². The van der Waals surface area contributed by atoms with Crippen LogP contribution in [0.3, 0.4) is 0 Å². The molecule has 31 heavy (non-hydrogen) atoms. The molecular weight excluding hydrogens is 425 g/mol. The van der Waals surface area contributed by atoms with E-state index in [1.807, 2.05) is 56.3 Å². The van der Waals surface area contributed by atoms with Gasteiger partial charge in [-0.2, -0.15) is 13.2 Å². The molecule has 166 valence electrons. The average molecular weight is 451 g/mol. The van der Waals surface area contributed by atoms with Crippen molar-refractivity contribution >= 4 is 23.4 Å². The van der Waals surface area contributed by atoms with Gasteiger partial charge in [0.15, 0.2) is 6.23 Å². The monoisotopic (exact) mass is 450 g/mol. The lowest BCUT2D eigenvalue weighted by molar-refractivity contribution is -0.213. The van der Waals surface area contributed by atoms with E-state index in [9.17, 15) is 18.0 Å². The van der Waals surface area contributed by atoms with Crippen LogP contribution in [0.1, 0.15) is 37.0 Å². The summed E-state index contributed by atoms with van der Waals surface area (Å²) in [7, 11) is 0. The number of carbonyl (C=O) groups is 1. The molecule has 4 nitrogen and oxygen atoms in total. The van der Waals surface area contributed by atoms with Crippen LogP contribution in [-0.2, 0) is 15.3 Å². The molecule has 8 heteroatoms. The van der Waals surface area contributed by atoms with E-state index in [1.165, 1.54) is 0 Å². The van der Waals surface area contributed by atoms with Crippen LogP contribution < -0.4 is 0 Å². The number of aliphatic imine (C=N–C) groups is 1. The predicted octanol–water partition coefficient (Wildman–Crippen LogP) is 5.29. The van der Waals surface area contributed by atoms with E-state index in [1.54, 1.807) is 16.7 Å². The zero-order valence-corrected chi connectivity index (χ0v) is 18.3. The first-order valence-corrected chi connectivity index (χ1v) is 11.2. The molecule has 0 aliphatic carbocycles. The number of ether oxygens (including phenoxy) is 1. The van der Waals surface area contributed by atoms with Crippen LogP contribution in [-0.4, -0.2) is 48.6 Å². The van der Waals surface area contributed by atoms with Gasteiger partial charge >= 0.3 is 12.1 Å². The number of carbonyl (C=O) groups excluding carboxylic acids is 1. The number of hydrogen-bond donors (Lipinski definition) is 0. The molecule has 1 aliphatic rings. The summed E-state index contributed by atoms with van der Waals surface area (Å²) < 4.78 is 43.0. The van der Waals surface area contributed by atoms with Gasteiger partial charge < -0.3 is 4.74 Å². The van der Waals surface area contributed by atoms with Gasteiger partial charge in [-0.25, -0.2) is 4.79 Å². The fourth-order valence-corrected chi connectivity index (χ4v) is 4.62. The highest BCUT2D eigenvalue weighted by molar-refractivity contribution is 7.98. The number of esters is 1. The molecule has 0 amide bonds. The highest BCUT2D eigenvalue weighted by Crippen LogP contribution is 2.34. The van der Waals surface area contributed by atoms with Crippen molar-refractivity contribution in [2.75, 3.05) is 19.6 Å². The fourth-order valence-electron chi connectivity index (χ4n) is 3.56. The molecule has 0 fully saturated rings. The molecule has 1 unspecified atom stereocenters. The summed E-state index contributed by atoms with van der Waals surface area (Å²) in [5.41, 5.74) is 4.00. The number of halogens is 3. The largest absolute Gasteiger partial charge is 0.490 e. The Kier molecular flexibility index (Phi) is 7.78. The second-order valence-electron chi connectivity index (χ2n) is 7.04. The summed E-state index contributed by atoms with van der Waals surface area (Å²) in [6.45, 7) is 4.79. The van der Waals surface area contributed by atoms with Gasteiger partial charge in [-0.3, -0.25) is 9.89 Å². The minimum absolute atomic E-state index is 0.171. The second-order valence-corrected chi connectivity index (χ2v) is 8.06. The molecule has 0 spiro atoms. The van der Waals surface area contributed by atoms with Crippen molar-refractivity contribution in [1.82, 2.24) is 4.90 Å². The van der Waals surface area contributed by atoms with Crippen molar-refractivity contribution in [3.63, 3.8) is 0 Å². The van der Waals surface area contributed by atoms with Crippen molar-refractivity contribution in [2.24, 2.45) is 4.99 Å². The maximum atomic E-state index is 12.7. The second kappa shape index (κ2) is 10.3. The van der Waals surface area contributed by atoms with E-state index in [0.717, 1.165) is 33.1 Å². The first-order chi connectivity index (χ1) is 14.8. The Bertz CT molecular complexity index is 893. The summed E-state index contributed by atoms with van der Waals surface area (Å²) in [6.07, 6.45) is -5.84. The van der Waals surface area contributed by atoms with E-state index in [-0.39, 0.29) is 13.0 Å². The van der Waals surface area contributed by atoms with Crippen molar-refractivity contribution in [2.45, 2.75) is 43.3 Å². The summed E-state index contributed by atoms with van der Waals surface area (Å²) >= 11 is 1.74. The van der Waals surface area contributed by atoms with Gasteiger partial charge in [-0.05, 0) is 24.7 Å². The zero-order chi connectivity index (χ0) is 22.4. The normalized spacial score (nSPS) is 15.9. The van der Waals surface area contributed by atoms with E-state index < -0.39 is 18.4 Å². The van der Waals surface area contributed by atoms with Crippen LogP contribution in [0.15, 0.2) is 58.4 Å². The summed E-state index contributed by atoms with van der Waals surface area (Å²) in [5.74, 6) is -1.35. The SMILES string of the molecule is CCN(CC)C(CCN=C1c2ccccc2CSc2ccccc21)OC(=O)C(F)(F)F. The molecule has 0 bridgehead atoms. The van der Waals surface area contributed by atoms with Gasteiger partial charge in [0.05, 0.1) is 5.71 Å². The topological polar surface area (TPSA) is 41.9 Å². The fraction of sp³-hybridized carbons (Fsp3) is 0.391. The first-order valence-electron chi connectivity index (χ1n) is 10.2. The van der Waals surface area contributed by atoms with Crippen LogP contribution in [0.4, 0.5) is 13.2 Å². The third-order valence-electron chi connectivity index (χ3n) is 5.14. The summed E-state index contributed by atoms with van der Waals surface area (Å²) in [4.78, 5) is 19.0. The lowest BCUT2D eigenvalue weighted by Crippen LogP contribution is -2.42. The van der Waals surface area contributed by atoms with E-state index in [4.69, 9.17) is 9.73 Å². The minimum Gasteiger partial charge on any atom is -0.440 e. The number of alkyl halides is 3. The Morgan fingerprint density at radius 1 is 1.10 bits per heavy atom. The lowest BCUT2D eigenvalue weighted by Gasteiger charge is -2.29. The standard InChI is InChI=1S/C23H25F3N2O2S/c1-3-28(4-2)20(30-22(29)23(24,25)26)13-14-27-21-17-10-6-5-9-16(17)15-31-19-12-8-7-11-18(19)21/h5-12,20H,3-4,13-15H2,1-2H3. The molecule has 0 saturated carbocycles. The maximum absolute atomic E-state index is 12.7. The van der Waals surface area contributed by atoms with Gasteiger partial charge in [0, 0.05) is 34.7 Å². The lowest BCUT2D eigenvalue weighted by atomic mass is 9.98. The summed E-state index contributed by atoms with van der Waals surface area (Å²) in [5, 5.41) is 0. The van der Waals surface area contributed by atoms with E-state index in [0.29, 0.717) is 13.1 Å². The Hall–Kier alpha value is -2.32. The number of hydrogen-bond acceptors (Lipinski definition) is 5. The van der Waals surface area contributed by atoms with Gasteiger partial charge in [0.2, 0.25) is 0 Å². The van der Waals surface area contributed by atoms with Crippen molar-refractivity contribution in [3.8, 4) is 0 Å². The molecule has 3 rings (SSSR count). The molecule has 0 radical (unpaired) electrons. The molecule has 1 aliphatic heterocycles. The minimum atomic E-state index is -5.02. The molecule has 0 aromatic heterocycles. The quantitative estimate of drug-likeness (QED) is 0.424. The highest BCUT2D eigenvalue weighted by atomic mass is 32.2. The third kappa shape index (κ3) is 5.68. The number of rotatable bonds is 7. The van der Waals surface area contributed by atoms with Crippen LogP contribution in [0.25, 0.3) is 0 Å². The Labute approximate surface area is 184 Å². The van der Waals surface area contributed by atoms with E-state index >= 15 is 0 Å².